The number of amides is 1. The van der Waals surface area contributed by atoms with Gasteiger partial charge in [-0.05, 0) is 43.3 Å². The van der Waals surface area contributed by atoms with E-state index >= 15 is 0 Å². The van der Waals surface area contributed by atoms with Crippen LogP contribution < -0.4 is 14.5 Å². The second-order valence-corrected chi connectivity index (χ2v) is 13.8. The van der Waals surface area contributed by atoms with Crippen molar-refractivity contribution >= 4 is 55.1 Å². The molecule has 0 aliphatic carbocycles. The molecule has 0 unspecified atom stereocenters. The highest BCUT2D eigenvalue weighted by molar-refractivity contribution is 7.92. The van der Waals surface area contributed by atoms with Crippen LogP contribution in [-0.4, -0.2) is 61.8 Å². The average Bonchev–Trinajstić information content (AvgIpc) is 3.62. The Morgan fingerprint density at radius 1 is 1.06 bits per heavy atom. The van der Waals surface area contributed by atoms with Crippen molar-refractivity contribution in [1.82, 2.24) is 14.9 Å². The number of carboxylic acids is 1. The number of nitrogens with zero attached hydrogens (tertiary/aromatic N) is 4. The van der Waals surface area contributed by atoms with Gasteiger partial charge in [0, 0.05) is 42.1 Å². The number of nitrogens with one attached hydrogen (secondary N) is 1. The minimum Gasteiger partial charge on any atom is -0.480 e. The monoisotopic (exact) mass is 667 g/mol. The third-order valence-electron chi connectivity index (χ3n) is 8.67. The molecule has 244 valence electrons. The molecule has 0 fully saturated rings. The SMILES string of the molecule is CNC(=O)c1c(-c2ccc(C)cc2)oc2cc(N(C)S(C)(=O)=O)c(-c3ccc4c(n3)-c3cc5c(F)cccc5n3CN4CC(=O)O)cc12. The van der Waals surface area contributed by atoms with Crippen molar-refractivity contribution in [3.8, 4) is 34.0 Å². The van der Waals surface area contributed by atoms with Crippen molar-refractivity contribution in [1.29, 1.82) is 0 Å². The molecule has 0 radical (unpaired) electrons. The Morgan fingerprint density at radius 2 is 1.81 bits per heavy atom. The maximum atomic E-state index is 14.9. The molecule has 0 saturated heterocycles. The predicted molar refractivity (Wildman–Crippen MR) is 182 cm³/mol. The molecule has 1 aliphatic rings. The summed E-state index contributed by atoms with van der Waals surface area (Å²) in [4.78, 5) is 31.8. The van der Waals surface area contributed by atoms with E-state index in [1.807, 2.05) is 31.2 Å². The highest BCUT2D eigenvalue weighted by atomic mass is 32.2. The lowest BCUT2D eigenvalue weighted by Gasteiger charge is -2.32. The summed E-state index contributed by atoms with van der Waals surface area (Å²) in [6.07, 6.45) is 1.08. The van der Waals surface area contributed by atoms with Gasteiger partial charge in [-0.2, -0.15) is 0 Å². The van der Waals surface area contributed by atoms with Gasteiger partial charge in [0.1, 0.15) is 29.4 Å². The molecule has 6 aromatic rings. The number of anilines is 2. The topological polar surface area (TPSA) is 138 Å². The quantitative estimate of drug-likeness (QED) is 0.216. The second kappa shape index (κ2) is 11.2. The lowest BCUT2D eigenvalue weighted by Crippen LogP contribution is -2.35. The molecule has 7 rings (SSSR count). The van der Waals surface area contributed by atoms with Gasteiger partial charge in [0.05, 0.1) is 46.8 Å². The minimum absolute atomic E-state index is 0.156. The molecule has 13 heteroatoms. The predicted octanol–water partition coefficient (Wildman–Crippen LogP) is 5.85. The molecule has 0 saturated carbocycles. The number of hydrogen-bond donors (Lipinski definition) is 2. The summed E-state index contributed by atoms with van der Waals surface area (Å²) in [7, 11) is -0.851. The fraction of sp³-hybridized carbons (Fsp3) is 0.171. The molecule has 1 amide bonds. The first kappa shape index (κ1) is 30.9. The van der Waals surface area contributed by atoms with Gasteiger partial charge in [0.15, 0.2) is 0 Å². The highest BCUT2D eigenvalue weighted by Crippen LogP contribution is 2.44. The Balaban J connectivity index is 1.51. The van der Waals surface area contributed by atoms with E-state index in [2.05, 4.69) is 5.32 Å². The Morgan fingerprint density at radius 3 is 2.50 bits per heavy atom. The van der Waals surface area contributed by atoms with Crippen LogP contribution in [0.15, 0.2) is 77.2 Å². The van der Waals surface area contributed by atoms with Gasteiger partial charge in [-0.3, -0.25) is 13.9 Å². The number of fused-ring (bicyclic) bond motifs is 6. The second-order valence-electron chi connectivity index (χ2n) is 11.8. The number of carbonyl (C=O) groups excluding carboxylic acids is 1. The van der Waals surface area contributed by atoms with Gasteiger partial charge >= 0.3 is 5.97 Å². The standard InChI is InChI=1S/C35H30FN5O6S/c1-19-8-10-20(11-9-19)34-32(35(44)37-2)23-14-22(28(16-30(23)47-34)39(3)48(4,45)46)25-12-13-27-33(38-25)29-15-21-24(36)6-5-7-26(21)41(29)18-40(27)17-31(42)43/h5-16H,17-18H2,1-4H3,(H,37,44)(H,42,43). The first-order valence-electron chi connectivity index (χ1n) is 15.0. The van der Waals surface area contributed by atoms with E-state index in [-0.39, 0.29) is 24.5 Å². The van der Waals surface area contributed by atoms with Crippen molar-refractivity contribution in [2.75, 3.05) is 36.1 Å². The molecular weight excluding hydrogens is 637 g/mol. The van der Waals surface area contributed by atoms with Crippen molar-refractivity contribution in [2.24, 2.45) is 0 Å². The summed E-state index contributed by atoms with van der Waals surface area (Å²) >= 11 is 0. The summed E-state index contributed by atoms with van der Waals surface area (Å²) in [5, 5.41) is 13.2. The van der Waals surface area contributed by atoms with Gasteiger partial charge in [-0.1, -0.05) is 35.9 Å². The number of hydrogen-bond acceptors (Lipinski definition) is 7. The van der Waals surface area contributed by atoms with Gasteiger partial charge in [-0.15, -0.1) is 0 Å². The first-order chi connectivity index (χ1) is 22.8. The van der Waals surface area contributed by atoms with Gasteiger partial charge in [0.2, 0.25) is 10.0 Å². The lowest BCUT2D eigenvalue weighted by atomic mass is 10.00. The molecule has 3 aromatic heterocycles. The number of aromatic nitrogens is 2. The Bertz CT molecular complexity index is 2420. The number of sulfonamides is 1. The maximum absolute atomic E-state index is 14.9. The third kappa shape index (κ3) is 5.03. The van der Waals surface area contributed by atoms with E-state index in [4.69, 9.17) is 9.40 Å². The molecule has 11 nitrogen and oxygen atoms in total. The van der Waals surface area contributed by atoms with E-state index < -0.39 is 27.7 Å². The lowest BCUT2D eigenvalue weighted by molar-refractivity contribution is -0.135. The first-order valence-corrected chi connectivity index (χ1v) is 16.8. The summed E-state index contributed by atoms with van der Waals surface area (Å²) in [6, 6.07) is 20.5. The number of halogens is 1. The summed E-state index contributed by atoms with van der Waals surface area (Å²) in [6.45, 7) is 1.77. The number of rotatable bonds is 7. The largest absolute Gasteiger partial charge is 0.480 e. The van der Waals surface area contributed by atoms with E-state index in [1.54, 1.807) is 51.9 Å². The highest BCUT2D eigenvalue weighted by Gasteiger charge is 2.30. The van der Waals surface area contributed by atoms with Crippen molar-refractivity contribution in [2.45, 2.75) is 13.6 Å². The minimum atomic E-state index is -3.78. The Hall–Kier alpha value is -5.69. The molecule has 1 aliphatic heterocycles. The van der Waals surface area contributed by atoms with Crippen LogP contribution in [0.4, 0.5) is 15.8 Å². The molecule has 48 heavy (non-hydrogen) atoms. The van der Waals surface area contributed by atoms with E-state index in [0.717, 1.165) is 16.1 Å². The van der Waals surface area contributed by atoms with E-state index in [0.29, 0.717) is 61.5 Å². The number of pyridine rings is 1. The zero-order valence-electron chi connectivity index (χ0n) is 26.4. The van der Waals surface area contributed by atoms with Crippen molar-refractivity contribution in [3.05, 3.63) is 89.7 Å². The molecule has 3 aromatic carbocycles. The normalized spacial score (nSPS) is 12.6. The maximum Gasteiger partial charge on any atom is 0.323 e. The number of carboxylic acid groups (broad SMARTS) is 1. The van der Waals surface area contributed by atoms with E-state index in [1.165, 1.54) is 20.2 Å². The van der Waals surface area contributed by atoms with Crippen LogP contribution in [0.5, 0.6) is 0 Å². The van der Waals surface area contributed by atoms with Crippen molar-refractivity contribution in [3.63, 3.8) is 0 Å². The average molecular weight is 668 g/mol. The molecular formula is C35H30FN5O6S. The summed E-state index contributed by atoms with van der Waals surface area (Å²) in [5.41, 5.74) is 5.29. The molecule has 0 bridgehead atoms. The number of benzene rings is 3. The fourth-order valence-corrected chi connectivity index (χ4v) is 6.73. The van der Waals surface area contributed by atoms with Crippen molar-refractivity contribution < 1.29 is 31.9 Å². The number of aliphatic carboxylic acids is 1. The van der Waals surface area contributed by atoms with Gasteiger partial charge in [0.25, 0.3) is 5.91 Å². The zero-order chi connectivity index (χ0) is 34.1. The van der Waals surface area contributed by atoms with Crippen LogP contribution in [0.25, 0.3) is 55.8 Å². The van der Waals surface area contributed by atoms with Crippen LogP contribution in [0.2, 0.25) is 0 Å². The number of carbonyl (C=O) groups is 2. The van der Waals surface area contributed by atoms with Crippen LogP contribution in [0.3, 0.4) is 0 Å². The van der Waals surface area contributed by atoms with E-state index in [9.17, 15) is 27.5 Å². The van der Waals surface area contributed by atoms with Gasteiger partial charge in [-0.25, -0.2) is 17.8 Å². The van der Waals surface area contributed by atoms with Crippen LogP contribution in [-0.2, 0) is 21.5 Å². The number of furan rings is 1. The smallest absolute Gasteiger partial charge is 0.323 e. The number of aryl methyl sites for hydroxylation is 1. The van der Waals surface area contributed by atoms with Crippen LogP contribution in [0.1, 0.15) is 15.9 Å². The Labute approximate surface area is 274 Å². The summed E-state index contributed by atoms with van der Waals surface area (Å²) < 4.78 is 50.0. The molecule has 4 heterocycles. The molecule has 2 N–H and O–H groups in total. The summed E-state index contributed by atoms with van der Waals surface area (Å²) in [5.74, 6) is -1.55. The molecule has 0 atom stereocenters. The van der Waals surface area contributed by atoms with Crippen LogP contribution in [0, 0.1) is 12.7 Å². The third-order valence-corrected chi connectivity index (χ3v) is 9.87. The fourth-order valence-electron chi connectivity index (χ4n) is 6.22. The van der Waals surface area contributed by atoms with Crippen LogP contribution >= 0.6 is 0 Å². The molecule has 0 spiro atoms. The van der Waals surface area contributed by atoms with Gasteiger partial charge < -0.3 is 24.3 Å². The zero-order valence-corrected chi connectivity index (χ0v) is 27.2. The Kier molecular flexibility index (Phi) is 7.24.